The number of nitrogens with zero attached hydrogens (tertiary/aromatic N) is 1. The van der Waals surface area contributed by atoms with Crippen molar-refractivity contribution < 1.29 is 14.4 Å². The minimum Gasteiger partial charge on any atom is -0.396 e. The molecule has 0 aliphatic heterocycles. The van der Waals surface area contributed by atoms with Gasteiger partial charge in [-0.25, -0.2) is 0 Å². The predicted molar refractivity (Wildman–Crippen MR) is 54.5 cm³/mol. The third kappa shape index (κ3) is 3.06. The Kier molecular flexibility index (Phi) is 4.30. The molecule has 2 N–H and O–H groups in total. The Labute approximate surface area is 88.5 Å². The van der Waals surface area contributed by atoms with Crippen LogP contribution in [-0.4, -0.2) is 28.8 Å². The van der Waals surface area contributed by atoms with Crippen LogP contribution in [0.1, 0.15) is 35.9 Å². The van der Waals surface area contributed by atoms with Crippen LogP contribution >= 0.6 is 0 Å². The number of rotatable bonds is 5. The van der Waals surface area contributed by atoms with Crippen molar-refractivity contribution in [2.24, 2.45) is 0 Å². The summed E-state index contributed by atoms with van der Waals surface area (Å²) in [7, 11) is 0. The Morgan fingerprint density at radius 1 is 1.73 bits per heavy atom. The van der Waals surface area contributed by atoms with E-state index in [9.17, 15) is 4.79 Å². The lowest BCUT2D eigenvalue weighted by atomic mass is 10.1. The highest BCUT2D eigenvalue weighted by Crippen LogP contribution is 2.07. The van der Waals surface area contributed by atoms with Gasteiger partial charge in [0.15, 0.2) is 0 Å². The topological polar surface area (TPSA) is 75.4 Å². The zero-order valence-corrected chi connectivity index (χ0v) is 8.99. The van der Waals surface area contributed by atoms with Gasteiger partial charge in [-0.3, -0.25) is 4.79 Å². The summed E-state index contributed by atoms with van der Waals surface area (Å²) in [5, 5.41) is 15.1. The molecule has 1 heterocycles. The Morgan fingerprint density at radius 3 is 2.93 bits per heavy atom. The number of amides is 1. The molecule has 15 heavy (non-hydrogen) atoms. The first kappa shape index (κ1) is 11.7. The Balaban J connectivity index is 2.58. The molecule has 0 saturated heterocycles. The number of nitrogens with one attached hydrogen (secondary N) is 1. The largest absolute Gasteiger partial charge is 0.396 e. The van der Waals surface area contributed by atoms with Gasteiger partial charge in [-0.05, 0) is 19.8 Å². The van der Waals surface area contributed by atoms with Crippen molar-refractivity contribution in [3.8, 4) is 0 Å². The molecule has 1 rings (SSSR count). The summed E-state index contributed by atoms with van der Waals surface area (Å²) < 4.78 is 4.80. The van der Waals surface area contributed by atoms with Crippen molar-refractivity contribution in [1.82, 2.24) is 10.5 Å². The maximum Gasteiger partial charge on any atom is 0.256 e. The van der Waals surface area contributed by atoms with Gasteiger partial charge >= 0.3 is 0 Å². The number of carbonyl (C=O) groups is 1. The molecular weight excluding hydrogens is 196 g/mol. The van der Waals surface area contributed by atoms with Gasteiger partial charge in [-0.2, -0.15) is 0 Å². The van der Waals surface area contributed by atoms with Gasteiger partial charge < -0.3 is 14.9 Å². The molecule has 0 saturated carbocycles. The van der Waals surface area contributed by atoms with Crippen molar-refractivity contribution in [2.75, 3.05) is 6.61 Å². The number of aryl methyl sites for hydroxylation is 1. The molecule has 0 fully saturated rings. The SMILES string of the molecule is CCC(CCO)NC(=O)c1cnoc1C. The van der Waals surface area contributed by atoms with E-state index in [1.54, 1.807) is 6.92 Å². The molecule has 1 aromatic rings. The van der Waals surface area contributed by atoms with E-state index in [1.807, 2.05) is 6.92 Å². The molecule has 0 radical (unpaired) electrons. The summed E-state index contributed by atoms with van der Waals surface area (Å²) in [6, 6.07) is -0.00296. The highest BCUT2D eigenvalue weighted by atomic mass is 16.5. The summed E-state index contributed by atoms with van der Waals surface area (Å²) in [5.41, 5.74) is 0.450. The molecule has 1 aromatic heterocycles. The van der Waals surface area contributed by atoms with E-state index in [0.29, 0.717) is 17.7 Å². The molecule has 0 bridgehead atoms. The van der Waals surface area contributed by atoms with Crippen LogP contribution in [0, 0.1) is 6.92 Å². The highest BCUT2D eigenvalue weighted by Gasteiger charge is 2.15. The summed E-state index contributed by atoms with van der Waals surface area (Å²) in [4.78, 5) is 11.7. The lowest BCUT2D eigenvalue weighted by Crippen LogP contribution is -2.35. The molecule has 5 nitrogen and oxygen atoms in total. The average Bonchev–Trinajstić information content (AvgIpc) is 2.63. The van der Waals surface area contributed by atoms with E-state index in [0.717, 1.165) is 6.42 Å². The second-order valence-electron chi connectivity index (χ2n) is 3.39. The Bertz CT molecular complexity index is 322. The van der Waals surface area contributed by atoms with Crippen LogP contribution < -0.4 is 5.32 Å². The van der Waals surface area contributed by atoms with Crippen molar-refractivity contribution >= 4 is 5.91 Å². The van der Waals surface area contributed by atoms with Gasteiger partial charge in [0.25, 0.3) is 5.91 Å². The fourth-order valence-corrected chi connectivity index (χ4v) is 1.31. The van der Waals surface area contributed by atoms with Crippen LogP contribution in [0.2, 0.25) is 0 Å². The smallest absolute Gasteiger partial charge is 0.256 e. The van der Waals surface area contributed by atoms with Crippen LogP contribution in [0.25, 0.3) is 0 Å². The van der Waals surface area contributed by atoms with Crippen molar-refractivity contribution in [3.05, 3.63) is 17.5 Å². The first-order valence-corrected chi connectivity index (χ1v) is 5.02. The third-order valence-corrected chi connectivity index (χ3v) is 2.30. The van der Waals surface area contributed by atoms with E-state index < -0.39 is 0 Å². The molecule has 1 amide bonds. The van der Waals surface area contributed by atoms with Gasteiger partial charge in [-0.1, -0.05) is 12.1 Å². The van der Waals surface area contributed by atoms with Crippen molar-refractivity contribution in [1.29, 1.82) is 0 Å². The third-order valence-electron chi connectivity index (χ3n) is 2.30. The fraction of sp³-hybridized carbons (Fsp3) is 0.600. The summed E-state index contributed by atoms with van der Waals surface area (Å²) in [6.07, 6.45) is 2.75. The predicted octanol–water partition coefficient (Wildman–Crippen LogP) is 0.874. The molecular formula is C10H16N2O3. The van der Waals surface area contributed by atoms with Crippen LogP contribution in [0.3, 0.4) is 0 Å². The monoisotopic (exact) mass is 212 g/mol. The molecule has 1 atom stereocenters. The maximum absolute atomic E-state index is 11.7. The maximum atomic E-state index is 11.7. The van der Waals surface area contributed by atoms with Crippen LogP contribution in [0.5, 0.6) is 0 Å². The molecule has 5 heteroatoms. The standard InChI is InChI=1S/C10H16N2O3/c1-3-8(4-5-13)12-10(14)9-6-11-15-7(9)2/h6,8,13H,3-5H2,1-2H3,(H,12,14). The molecule has 0 aromatic carbocycles. The molecule has 1 unspecified atom stereocenters. The van der Waals surface area contributed by atoms with Gasteiger partial charge in [0, 0.05) is 12.6 Å². The van der Waals surface area contributed by atoms with Gasteiger partial charge in [0.1, 0.15) is 11.3 Å². The lowest BCUT2D eigenvalue weighted by molar-refractivity contribution is 0.0927. The zero-order chi connectivity index (χ0) is 11.3. The summed E-state index contributed by atoms with van der Waals surface area (Å²) >= 11 is 0. The minimum atomic E-state index is -0.200. The molecule has 84 valence electrons. The van der Waals surface area contributed by atoms with Crippen LogP contribution in [-0.2, 0) is 0 Å². The zero-order valence-electron chi connectivity index (χ0n) is 8.99. The van der Waals surface area contributed by atoms with Gasteiger partial charge in [-0.15, -0.1) is 0 Å². The van der Waals surface area contributed by atoms with Crippen molar-refractivity contribution in [3.63, 3.8) is 0 Å². The quantitative estimate of drug-likeness (QED) is 0.759. The van der Waals surface area contributed by atoms with E-state index in [4.69, 9.17) is 9.63 Å². The van der Waals surface area contributed by atoms with Crippen LogP contribution in [0.15, 0.2) is 10.7 Å². The number of aliphatic hydroxyl groups is 1. The fourth-order valence-electron chi connectivity index (χ4n) is 1.31. The Morgan fingerprint density at radius 2 is 2.47 bits per heavy atom. The summed E-state index contributed by atoms with van der Waals surface area (Å²) in [6.45, 7) is 3.72. The second kappa shape index (κ2) is 5.50. The first-order valence-electron chi connectivity index (χ1n) is 5.02. The lowest BCUT2D eigenvalue weighted by Gasteiger charge is -2.14. The number of carbonyl (C=O) groups excluding carboxylic acids is 1. The van der Waals surface area contributed by atoms with Gasteiger partial charge in [0.05, 0.1) is 6.20 Å². The Hall–Kier alpha value is -1.36. The van der Waals surface area contributed by atoms with E-state index in [1.165, 1.54) is 6.20 Å². The van der Waals surface area contributed by atoms with Gasteiger partial charge in [0.2, 0.25) is 0 Å². The van der Waals surface area contributed by atoms with E-state index >= 15 is 0 Å². The second-order valence-corrected chi connectivity index (χ2v) is 3.39. The molecule has 0 spiro atoms. The van der Waals surface area contributed by atoms with E-state index in [2.05, 4.69) is 10.5 Å². The number of aromatic nitrogens is 1. The highest BCUT2D eigenvalue weighted by molar-refractivity contribution is 5.94. The van der Waals surface area contributed by atoms with E-state index in [-0.39, 0.29) is 18.6 Å². The number of aliphatic hydroxyl groups excluding tert-OH is 1. The molecule has 0 aliphatic carbocycles. The van der Waals surface area contributed by atoms with Crippen molar-refractivity contribution in [2.45, 2.75) is 32.7 Å². The first-order chi connectivity index (χ1) is 7.19. The number of hydrogen-bond donors (Lipinski definition) is 2. The molecule has 0 aliphatic rings. The average molecular weight is 212 g/mol. The number of hydrogen-bond acceptors (Lipinski definition) is 4. The minimum absolute atomic E-state index is 0.00296. The van der Waals surface area contributed by atoms with Crippen LogP contribution in [0.4, 0.5) is 0 Å². The normalized spacial score (nSPS) is 12.5. The summed E-state index contributed by atoms with van der Waals surface area (Å²) in [5.74, 6) is 0.306.